The predicted octanol–water partition coefficient (Wildman–Crippen LogP) is 3.51. The van der Waals surface area contributed by atoms with Crippen LogP contribution in [0.3, 0.4) is 0 Å². The molecule has 120 valence electrons. The lowest BCUT2D eigenvalue weighted by molar-refractivity contribution is 0.0732. The van der Waals surface area contributed by atoms with Crippen molar-refractivity contribution in [2.75, 3.05) is 6.54 Å². The molecule has 1 saturated heterocycles. The van der Waals surface area contributed by atoms with Crippen LogP contribution in [-0.4, -0.2) is 17.4 Å². The van der Waals surface area contributed by atoms with Crippen molar-refractivity contribution in [1.82, 2.24) is 4.90 Å². The van der Waals surface area contributed by atoms with Gasteiger partial charge in [0.25, 0.3) is 5.91 Å². The van der Waals surface area contributed by atoms with Gasteiger partial charge in [-0.3, -0.25) is 4.79 Å². The molecule has 1 heterocycles. The minimum absolute atomic E-state index is 0.00724. The van der Waals surface area contributed by atoms with Gasteiger partial charge < -0.3 is 10.6 Å². The summed E-state index contributed by atoms with van der Waals surface area (Å²) in [5.74, 6) is 0.129. The number of nitrogens with two attached hydrogens (primary N) is 1. The maximum atomic E-state index is 13.5. The van der Waals surface area contributed by atoms with E-state index in [9.17, 15) is 9.18 Å². The third-order valence-corrected chi connectivity index (χ3v) is 4.44. The van der Waals surface area contributed by atoms with Gasteiger partial charge in [-0.15, -0.1) is 0 Å². The number of halogens is 1. The predicted molar refractivity (Wildman–Crippen MR) is 88.3 cm³/mol. The summed E-state index contributed by atoms with van der Waals surface area (Å²) in [5, 5.41) is 0. The van der Waals surface area contributed by atoms with Gasteiger partial charge in [0.2, 0.25) is 0 Å². The molecular formula is C19H21FN2O. The summed E-state index contributed by atoms with van der Waals surface area (Å²) in [7, 11) is 0. The minimum atomic E-state index is -0.262. The summed E-state index contributed by atoms with van der Waals surface area (Å²) in [6.07, 6.45) is 0.857. The number of carbonyl (C=O) groups excluding carboxylic acids is 1. The van der Waals surface area contributed by atoms with Crippen LogP contribution in [0.25, 0.3) is 0 Å². The van der Waals surface area contributed by atoms with Gasteiger partial charge >= 0.3 is 0 Å². The molecule has 0 radical (unpaired) electrons. The summed E-state index contributed by atoms with van der Waals surface area (Å²) < 4.78 is 13.5. The molecule has 4 heteroatoms. The lowest BCUT2D eigenvalue weighted by Gasteiger charge is -2.25. The molecule has 1 aliphatic rings. The van der Waals surface area contributed by atoms with Crippen LogP contribution in [0, 0.1) is 11.7 Å². The van der Waals surface area contributed by atoms with E-state index in [4.69, 9.17) is 5.73 Å². The number of benzene rings is 2. The van der Waals surface area contributed by atoms with E-state index >= 15 is 0 Å². The number of likely N-dealkylation sites (tertiary alicyclic amines) is 1. The van der Waals surface area contributed by atoms with Crippen molar-refractivity contribution < 1.29 is 9.18 Å². The van der Waals surface area contributed by atoms with Crippen molar-refractivity contribution in [2.24, 2.45) is 11.7 Å². The lowest BCUT2D eigenvalue weighted by Crippen LogP contribution is -2.31. The Bertz CT molecular complexity index is 699. The molecule has 0 bridgehead atoms. The van der Waals surface area contributed by atoms with Gasteiger partial charge in [0.05, 0.1) is 6.04 Å². The monoisotopic (exact) mass is 312 g/mol. The van der Waals surface area contributed by atoms with Crippen LogP contribution >= 0.6 is 0 Å². The second kappa shape index (κ2) is 6.50. The van der Waals surface area contributed by atoms with Crippen molar-refractivity contribution in [2.45, 2.75) is 25.9 Å². The summed E-state index contributed by atoms with van der Waals surface area (Å²) >= 11 is 0. The Morgan fingerprint density at radius 1 is 1.26 bits per heavy atom. The average molecular weight is 312 g/mol. The fourth-order valence-electron chi connectivity index (χ4n) is 3.25. The zero-order chi connectivity index (χ0) is 16.4. The van der Waals surface area contributed by atoms with E-state index < -0.39 is 0 Å². The molecule has 2 atom stereocenters. The van der Waals surface area contributed by atoms with E-state index in [1.165, 1.54) is 12.1 Å². The molecule has 3 rings (SSSR count). The molecule has 0 aromatic heterocycles. The quantitative estimate of drug-likeness (QED) is 0.943. The molecule has 0 spiro atoms. The first kappa shape index (κ1) is 15.7. The second-order valence-corrected chi connectivity index (χ2v) is 6.27. The standard InChI is InChI=1S/C19H21FN2O/c1-13-9-18(16-3-2-4-17(20)10-16)22(12-13)19(23)15-7-5-14(11-21)6-8-15/h2-8,10,13,18H,9,11-12,21H2,1H3. The molecule has 1 aliphatic heterocycles. The number of amides is 1. The van der Waals surface area contributed by atoms with Crippen LogP contribution < -0.4 is 5.73 Å². The number of rotatable bonds is 3. The fourth-order valence-corrected chi connectivity index (χ4v) is 3.25. The summed E-state index contributed by atoms with van der Waals surface area (Å²) in [4.78, 5) is 14.7. The third-order valence-electron chi connectivity index (χ3n) is 4.44. The van der Waals surface area contributed by atoms with E-state index in [0.29, 0.717) is 24.6 Å². The third kappa shape index (κ3) is 3.27. The highest BCUT2D eigenvalue weighted by Gasteiger charge is 2.34. The topological polar surface area (TPSA) is 46.3 Å². The first-order valence-electron chi connectivity index (χ1n) is 7.94. The molecule has 1 amide bonds. The maximum absolute atomic E-state index is 13.5. The average Bonchev–Trinajstić information content (AvgIpc) is 2.96. The number of nitrogens with zero attached hydrogens (tertiary/aromatic N) is 1. The summed E-state index contributed by atoms with van der Waals surface area (Å²) in [5.41, 5.74) is 8.11. The molecule has 3 nitrogen and oxygen atoms in total. The number of hydrogen-bond acceptors (Lipinski definition) is 2. The van der Waals surface area contributed by atoms with Crippen LogP contribution in [0.15, 0.2) is 48.5 Å². The van der Waals surface area contributed by atoms with Gasteiger partial charge in [-0.2, -0.15) is 0 Å². The lowest BCUT2D eigenvalue weighted by atomic mass is 10.0. The zero-order valence-electron chi connectivity index (χ0n) is 13.2. The molecule has 0 aliphatic carbocycles. The second-order valence-electron chi connectivity index (χ2n) is 6.27. The Balaban J connectivity index is 1.87. The fraction of sp³-hybridized carbons (Fsp3) is 0.316. The van der Waals surface area contributed by atoms with E-state index in [0.717, 1.165) is 17.5 Å². The highest BCUT2D eigenvalue weighted by molar-refractivity contribution is 5.94. The van der Waals surface area contributed by atoms with Gasteiger partial charge in [0.1, 0.15) is 5.82 Å². The van der Waals surface area contributed by atoms with Gasteiger partial charge in [-0.25, -0.2) is 4.39 Å². The molecule has 0 saturated carbocycles. The van der Waals surface area contributed by atoms with E-state index in [1.54, 1.807) is 6.07 Å². The Morgan fingerprint density at radius 3 is 2.65 bits per heavy atom. The summed E-state index contributed by atoms with van der Waals surface area (Å²) in [6.45, 7) is 3.27. The SMILES string of the molecule is CC1CC(c2cccc(F)c2)N(C(=O)c2ccc(CN)cc2)C1. The van der Waals surface area contributed by atoms with Gasteiger partial charge in [-0.1, -0.05) is 31.2 Å². The molecule has 2 N–H and O–H groups in total. The highest BCUT2D eigenvalue weighted by Crippen LogP contribution is 2.36. The van der Waals surface area contributed by atoms with Gasteiger partial charge in [0, 0.05) is 18.7 Å². The van der Waals surface area contributed by atoms with Crippen molar-refractivity contribution in [3.05, 3.63) is 71.0 Å². The molecular weight excluding hydrogens is 291 g/mol. The highest BCUT2D eigenvalue weighted by atomic mass is 19.1. The molecule has 2 unspecified atom stereocenters. The van der Waals surface area contributed by atoms with Crippen LogP contribution in [0.2, 0.25) is 0 Å². The van der Waals surface area contributed by atoms with Gasteiger partial charge in [0.15, 0.2) is 0 Å². The van der Waals surface area contributed by atoms with E-state index in [-0.39, 0.29) is 17.8 Å². The molecule has 2 aromatic carbocycles. The van der Waals surface area contributed by atoms with Crippen LogP contribution in [0.1, 0.15) is 40.9 Å². The van der Waals surface area contributed by atoms with E-state index in [2.05, 4.69) is 6.92 Å². The van der Waals surface area contributed by atoms with E-state index in [1.807, 2.05) is 35.2 Å². The Kier molecular flexibility index (Phi) is 4.44. The smallest absolute Gasteiger partial charge is 0.254 e. The van der Waals surface area contributed by atoms with Crippen LogP contribution in [0.4, 0.5) is 4.39 Å². The van der Waals surface area contributed by atoms with Crippen molar-refractivity contribution in [3.63, 3.8) is 0 Å². The van der Waals surface area contributed by atoms with Gasteiger partial charge in [-0.05, 0) is 47.7 Å². The summed E-state index contributed by atoms with van der Waals surface area (Å²) in [6, 6.07) is 13.9. The first-order chi connectivity index (χ1) is 11.1. The Morgan fingerprint density at radius 2 is 2.00 bits per heavy atom. The molecule has 2 aromatic rings. The molecule has 1 fully saturated rings. The first-order valence-corrected chi connectivity index (χ1v) is 7.94. The van der Waals surface area contributed by atoms with Crippen molar-refractivity contribution in [1.29, 1.82) is 0 Å². The molecule has 23 heavy (non-hydrogen) atoms. The minimum Gasteiger partial charge on any atom is -0.331 e. The maximum Gasteiger partial charge on any atom is 0.254 e. The number of hydrogen-bond donors (Lipinski definition) is 1. The normalized spacial score (nSPS) is 20.7. The zero-order valence-corrected chi connectivity index (χ0v) is 13.2. The Hall–Kier alpha value is -2.20. The Labute approximate surface area is 135 Å². The largest absolute Gasteiger partial charge is 0.331 e. The van der Waals surface area contributed by atoms with Crippen molar-refractivity contribution >= 4 is 5.91 Å². The number of carbonyl (C=O) groups is 1. The van der Waals surface area contributed by atoms with Crippen molar-refractivity contribution in [3.8, 4) is 0 Å². The van der Waals surface area contributed by atoms with Crippen LogP contribution in [0.5, 0.6) is 0 Å². The van der Waals surface area contributed by atoms with Crippen LogP contribution in [-0.2, 0) is 6.54 Å².